The number of hydrogen-bond acceptors (Lipinski definition) is 8. The Kier molecular flexibility index (Phi) is 7.04. The Labute approximate surface area is 200 Å². The fourth-order valence-electron chi connectivity index (χ4n) is 3.80. The lowest BCUT2D eigenvalue weighted by Gasteiger charge is -2.23. The smallest absolute Gasteiger partial charge is 0.327 e. The van der Waals surface area contributed by atoms with Gasteiger partial charge in [-0.15, -0.1) is 0 Å². The normalized spacial score (nSPS) is 22.0. The van der Waals surface area contributed by atoms with E-state index in [1.807, 2.05) is 0 Å². The van der Waals surface area contributed by atoms with Gasteiger partial charge in [0.25, 0.3) is 0 Å². The number of pyridine rings is 1. The average molecular weight is 486 g/mol. The molecule has 0 unspecified atom stereocenters. The van der Waals surface area contributed by atoms with Crippen LogP contribution >= 0.6 is 0 Å². The van der Waals surface area contributed by atoms with Crippen molar-refractivity contribution < 1.29 is 17.9 Å². The Hall–Kier alpha value is -3.89. The number of allylic oxidation sites excluding steroid dienone is 1. The van der Waals surface area contributed by atoms with Crippen LogP contribution < -0.4 is 21.6 Å². The standard InChI is InChI=1S/C24H26F3N7O/c1-12-18-8-16(25)4-5-17(18)21(29)19(33-34-24(26)27)6-14(9-28)22(31-10-13-2-3-13)15-7-20(35-12)23(30)32-11-15/h4-5,7-9,11-13,24,29,34H,2-3,6,10,28H2,1H3,(H2,30,32)/b14-9?,29-21?,31-22?,33-19-/t12-/m1/s1. The molecule has 2 heterocycles. The topological polar surface area (TPSA) is 135 Å². The fourth-order valence-corrected chi connectivity index (χ4v) is 3.80. The first-order chi connectivity index (χ1) is 16.8. The first kappa shape index (κ1) is 24.2. The molecule has 8 nitrogen and oxygen atoms in total. The largest absolute Gasteiger partial charge is 0.482 e. The van der Waals surface area contributed by atoms with Crippen LogP contribution in [0.15, 0.2) is 52.3 Å². The number of nitrogens with two attached hydrogens (primary N) is 2. The maximum Gasteiger partial charge on any atom is 0.327 e. The highest BCUT2D eigenvalue weighted by Crippen LogP contribution is 2.33. The van der Waals surface area contributed by atoms with Gasteiger partial charge in [-0.25, -0.2) is 9.37 Å². The average Bonchev–Trinajstić information content (AvgIpc) is 3.65. The summed E-state index contributed by atoms with van der Waals surface area (Å²) in [6.45, 7) is -0.709. The van der Waals surface area contributed by atoms with Crippen LogP contribution in [0.5, 0.6) is 5.75 Å². The predicted molar refractivity (Wildman–Crippen MR) is 129 cm³/mol. The number of halogens is 3. The molecule has 1 atom stereocenters. The third kappa shape index (κ3) is 5.61. The molecule has 11 heteroatoms. The van der Waals surface area contributed by atoms with E-state index >= 15 is 0 Å². The molecule has 0 radical (unpaired) electrons. The van der Waals surface area contributed by atoms with Crippen molar-refractivity contribution in [3.05, 3.63) is 64.7 Å². The van der Waals surface area contributed by atoms with Gasteiger partial charge in [0.15, 0.2) is 11.6 Å². The van der Waals surface area contributed by atoms with Gasteiger partial charge in [0, 0.05) is 35.9 Å². The van der Waals surface area contributed by atoms with Crippen LogP contribution in [0.1, 0.15) is 49.0 Å². The third-order valence-corrected chi connectivity index (χ3v) is 5.83. The minimum atomic E-state index is -2.94. The number of anilines is 1. The summed E-state index contributed by atoms with van der Waals surface area (Å²) < 4.78 is 46.2. The minimum Gasteiger partial charge on any atom is -0.482 e. The Bertz CT molecular complexity index is 1220. The van der Waals surface area contributed by atoms with Crippen LogP contribution in [0.3, 0.4) is 0 Å². The molecule has 2 bridgehead atoms. The van der Waals surface area contributed by atoms with Gasteiger partial charge in [0.1, 0.15) is 11.9 Å². The lowest BCUT2D eigenvalue weighted by atomic mass is 9.91. The van der Waals surface area contributed by atoms with Gasteiger partial charge in [0.05, 0.1) is 17.1 Å². The number of aromatic nitrogens is 1. The van der Waals surface area contributed by atoms with Crippen molar-refractivity contribution in [1.29, 1.82) is 5.41 Å². The number of alkyl halides is 2. The Morgan fingerprint density at radius 1 is 1.31 bits per heavy atom. The minimum absolute atomic E-state index is 0.0228. The molecule has 2 aromatic rings. The maximum absolute atomic E-state index is 14.2. The highest BCUT2D eigenvalue weighted by Gasteiger charge is 2.26. The maximum atomic E-state index is 14.2. The summed E-state index contributed by atoms with van der Waals surface area (Å²) in [5, 5.41) is 12.6. The zero-order valence-corrected chi connectivity index (χ0v) is 19.1. The second-order valence-electron chi connectivity index (χ2n) is 8.46. The van der Waals surface area contributed by atoms with E-state index in [0.717, 1.165) is 12.8 Å². The molecular weight excluding hydrogens is 459 g/mol. The van der Waals surface area contributed by atoms with Gasteiger partial charge in [-0.3, -0.25) is 15.8 Å². The SMILES string of the molecule is C[C@H]1Oc2cc(cnc2N)C(=NCC2CC2)C(=CN)C/C(=N/NC(F)F)C(=N)c2ccc(F)cc21. The molecule has 0 spiro atoms. The molecule has 1 aliphatic heterocycles. The van der Waals surface area contributed by atoms with Crippen LogP contribution in [0.4, 0.5) is 19.0 Å². The Morgan fingerprint density at radius 3 is 2.77 bits per heavy atom. The van der Waals surface area contributed by atoms with Crippen molar-refractivity contribution in [3.8, 4) is 5.75 Å². The summed E-state index contributed by atoms with van der Waals surface area (Å²) in [5.41, 5.74) is 15.6. The molecule has 1 aliphatic carbocycles. The molecule has 4 rings (SSSR count). The van der Waals surface area contributed by atoms with E-state index in [1.165, 1.54) is 30.6 Å². The van der Waals surface area contributed by atoms with Crippen LogP contribution in [0.2, 0.25) is 0 Å². The monoisotopic (exact) mass is 485 g/mol. The number of aliphatic imine (C=N–C) groups is 1. The van der Waals surface area contributed by atoms with Crippen molar-refractivity contribution >= 4 is 23.0 Å². The second-order valence-corrected chi connectivity index (χ2v) is 8.46. The van der Waals surface area contributed by atoms with E-state index in [2.05, 4.69) is 10.1 Å². The molecule has 1 fully saturated rings. The number of benzene rings is 1. The Morgan fingerprint density at radius 2 is 2.09 bits per heavy atom. The second kappa shape index (κ2) is 10.2. The molecule has 1 saturated carbocycles. The number of hydrogen-bond donors (Lipinski definition) is 4. The molecule has 184 valence electrons. The first-order valence-electron chi connectivity index (χ1n) is 11.1. The summed E-state index contributed by atoms with van der Waals surface area (Å²) in [4.78, 5) is 8.98. The molecule has 0 saturated heterocycles. The molecule has 35 heavy (non-hydrogen) atoms. The highest BCUT2D eigenvalue weighted by molar-refractivity contribution is 6.48. The van der Waals surface area contributed by atoms with E-state index in [1.54, 1.807) is 18.4 Å². The number of fused-ring (bicyclic) bond motifs is 3. The van der Waals surface area contributed by atoms with E-state index in [9.17, 15) is 13.2 Å². The molecule has 1 aromatic carbocycles. The van der Waals surface area contributed by atoms with Gasteiger partial charge >= 0.3 is 6.55 Å². The summed E-state index contributed by atoms with van der Waals surface area (Å²) in [6, 6.07) is 5.48. The van der Waals surface area contributed by atoms with E-state index < -0.39 is 18.5 Å². The van der Waals surface area contributed by atoms with E-state index in [4.69, 9.17) is 26.6 Å². The number of ether oxygens (including phenoxy) is 1. The van der Waals surface area contributed by atoms with Gasteiger partial charge in [-0.05, 0) is 61.7 Å². The third-order valence-electron chi connectivity index (χ3n) is 5.83. The number of hydrazone groups is 1. The highest BCUT2D eigenvalue weighted by atomic mass is 19.3. The summed E-state index contributed by atoms with van der Waals surface area (Å²) >= 11 is 0. The van der Waals surface area contributed by atoms with Crippen molar-refractivity contribution in [3.63, 3.8) is 0 Å². The first-order valence-corrected chi connectivity index (χ1v) is 11.1. The van der Waals surface area contributed by atoms with Gasteiger partial charge < -0.3 is 16.2 Å². The fraction of sp³-hybridized carbons (Fsp3) is 0.333. The van der Waals surface area contributed by atoms with Gasteiger partial charge in [0.2, 0.25) is 0 Å². The predicted octanol–water partition coefficient (Wildman–Crippen LogP) is 3.92. The number of rotatable bonds is 4. The molecule has 1 aromatic heterocycles. The molecular formula is C24H26F3N7O. The molecule has 6 N–H and O–H groups in total. The van der Waals surface area contributed by atoms with Gasteiger partial charge in [-0.2, -0.15) is 13.9 Å². The number of nitrogens with zero attached hydrogens (tertiary/aromatic N) is 3. The zero-order valence-electron chi connectivity index (χ0n) is 19.1. The van der Waals surface area contributed by atoms with Crippen molar-refractivity contribution in [2.24, 2.45) is 21.7 Å². The summed E-state index contributed by atoms with van der Waals surface area (Å²) in [7, 11) is 0. The quantitative estimate of drug-likeness (QED) is 0.385. The van der Waals surface area contributed by atoms with E-state index in [0.29, 0.717) is 34.9 Å². The lowest BCUT2D eigenvalue weighted by molar-refractivity contribution is 0.110. The van der Waals surface area contributed by atoms with Crippen LogP contribution in [-0.2, 0) is 0 Å². The summed E-state index contributed by atoms with van der Waals surface area (Å²) in [5.74, 6) is 0.323. The van der Waals surface area contributed by atoms with Crippen molar-refractivity contribution in [2.75, 3.05) is 12.3 Å². The van der Waals surface area contributed by atoms with E-state index in [-0.39, 0.29) is 35.0 Å². The zero-order chi connectivity index (χ0) is 25.1. The molecule has 2 aliphatic rings. The van der Waals surface area contributed by atoms with Crippen molar-refractivity contribution in [2.45, 2.75) is 38.8 Å². The van der Waals surface area contributed by atoms with Crippen molar-refractivity contribution in [1.82, 2.24) is 10.4 Å². The van der Waals surface area contributed by atoms with Crippen LogP contribution in [-0.4, -0.2) is 35.2 Å². The summed E-state index contributed by atoms with van der Waals surface area (Å²) in [6.07, 6.45) is 4.17. The van der Waals surface area contributed by atoms with Crippen LogP contribution in [0.25, 0.3) is 0 Å². The Balaban J connectivity index is 1.91. The number of nitrogens with one attached hydrogen (secondary N) is 2. The number of nitrogen functional groups attached to an aromatic ring is 1. The lowest BCUT2D eigenvalue weighted by Crippen LogP contribution is -2.26. The van der Waals surface area contributed by atoms with Gasteiger partial charge in [-0.1, -0.05) is 0 Å². The van der Waals surface area contributed by atoms with Crippen LogP contribution in [0, 0.1) is 17.1 Å². The molecule has 0 amide bonds.